The van der Waals surface area contributed by atoms with Gasteiger partial charge in [-0.05, 0) is 51.6 Å². The molecule has 0 rings (SSSR count). The zero-order valence-electron chi connectivity index (χ0n) is 15.0. The molecule has 96 valence electrons. The number of hydrogen-bond donors (Lipinski definition) is 0. The standard InChI is InChI=1S/C20H2N2.4K/c1-2-20(17-13-9-7-11-15-19-22)16-12-8-5-3-4-6-10-14-18-21;;;;/h1-2H;;;;/q-4;4*+1. The summed E-state index contributed by atoms with van der Waals surface area (Å²) in [6, 6.07) is 0. The van der Waals surface area contributed by atoms with Gasteiger partial charge in [-0.15, -0.1) is 5.73 Å². The Bertz CT molecular complexity index is 1090. The molecule has 0 aromatic heterocycles. The molecular weight excluding hydrogens is 425 g/mol. The molecule has 0 heterocycles. The predicted molar refractivity (Wildman–Crippen MR) is 81.5 cm³/mol. The van der Waals surface area contributed by atoms with E-state index in [0.29, 0.717) is 5.57 Å². The van der Waals surface area contributed by atoms with Crippen LogP contribution in [0.15, 0.2) is 91.9 Å². The van der Waals surface area contributed by atoms with E-state index in [1.54, 1.807) is 11.7 Å². The van der Waals surface area contributed by atoms with Gasteiger partial charge in [0.1, 0.15) is 0 Å². The molecule has 0 fully saturated rings. The molecule has 0 spiro atoms. The topological polar surface area (TPSA) is 44.6 Å². The van der Waals surface area contributed by atoms with Crippen molar-refractivity contribution in [3.8, 4) is 0 Å². The molecule has 0 saturated heterocycles. The van der Waals surface area contributed by atoms with Crippen LogP contribution in [-0.4, -0.2) is 11.7 Å². The van der Waals surface area contributed by atoms with Crippen molar-refractivity contribution in [2.24, 2.45) is 0 Å². The Morgan fingerprint density at radius 2 is 1.00 bits per heavy atom. The largest absolute Gasteiger partial charge is 1.00 e. The third-order valence-corrected chi connectivity index (χ3v) is 1.36. The van der Waals surface area contributed by atoms with E-state index in [9.17, 15) is 0 Å². The summed E-state index contributed by atoms with van der Waals surface area (Å²) in [5.41, 5.74) is 33.5. The summed E-state index contributed by atoms with van der Waals surface area (Å²) < 4.78 is 0. The molecule has 0 aromatic rings. The van der Waals surface area contributed by atoms with Gasteiger partial charge in [-0.2, -0.15) is 11.8 Å². The first-order valence-electron chi connectivity index (χ1n) is 5.32. The van der Waals surface area contributed by atoms with Gasteiger partial charge < -0.3 is 23.5 Å². The van der Waals surface area contributed by atoms with Crippen molar-refractivity contribution in [2.75, 3.05) is 0 Å². The molecule has 0 bridgehead atoms. The van der Waals surface area contributed by atoms with Gasteiger partial charge in [0.05, 0.1) is 0 Å². The molecule has 0 aromatic carbocycles. The van der Waals surface area contributed by atoms with E-state index in [1.807, 2.05) is 0 Å². The van der Waals surface area contributed by atoms with Crippen LogP contribution in [0.3, 0.4) is 0 Å². The molecular formula is C20H2K4N2. The second-order valence-corrected chi connectivity index (χ2v) is 2.68. The zero-order chi connectivity index (χ0) is 16.3. The third kappa shape index (κ3) is 30.8. The van der Waals surface area contributed by atoms with Crippen LogP contribution >= 0.6 is 0 Å². The average Bonchev–Trinajstić information content (AvgIpc) is 2.54. The average molecular weight is 427 g/mol. The molecule has 2 nitrogen and oxygen atoms in total. The minimum Gasteiger partial charge on any atom is -0.755 e. The minimum atomic E-state index is 0. The van der Waals surface area contributed by atoms with Crippen molar-refractivity contribution < 1.29 is 206 Å². The Labute approximate surface area is 323 Å². The summed E-state index contributed by atoms with van der Waals surface area (Å²) in [4.78, 5) is 0. The molecule has 0 unspecified atom stereocenters. The Morgan fingerprint density at radius 1 is 0.615 bits per heavy atom. The van der Waals surface area contributed by atoms with Crippen molar-refractivity contribution in [2.45, 2.75) is 0 Å². The van der Waals surface area contributed by atoms with Crippen LogP contribution in [0.2, 0.25) is 0 Å². The van der Waals surface area contributed by atoms with E-state index >= 15 is 0 Å². The maximum Gasteiger partial charge on any atom is 1.00 e. The summed E-state index contributed by atoms with van der Waals surface area (Å²) >= 11 is 0. The zero-order valence-corrected chi connectivity index (χ0v) is 27.5. The van der Waals surface area contributed by atoms with Crippen molar-refractivity contribution in [3.63, 3.8) is 0 Å². The van der Waals surface area contributed by atoms with E-state index in [1.165, 1.54) is 6.08 Å². The molecule has 26 heavy (non-hydrogen) atoms. The van der Waals surface area contributed by atoms with Crippen molar-refractivity contribution in [1.82, 2.24) is 0 Å². The third-order valence-electron chi connectivity index (χ3n) is 1.36. The van der Waals surface area contributed by atoms with Crippen molar-refractivity contribution >= 4 is 11.7 Å². The fourth-order valence-electron chi connectivity index (χ4n) is 0.649. The van der Waals surface area contributed by atoms with Gasteiger partial charge in [0.25, 0.3) is 0 Å². The van der Waals surface area contributed by atoms with Crippen molar-refractivity contribution in [3.05, 3.63) is 115 Å². The van der Waals surface area contributed by atoms with E-state index in [0.717, 1.165) is 0 Å². The Kier molecular flexibility index (Phi) is 51.5. The Hall–Kier alpha value is 2.11. The number of rotatable bonds is 2. The van der Waals surface area contributed by atoms with Crippen LogP contribution in [0.1, 0.15) is 0 Å². The second-order valence-electron chi connectivity index (χ2n) is 2.68. The summed E-state index contributed by atoms with van der Waals surface area (Å²) in [5, 5.41) is 16.3. The summed E-state index contributed by atoms with van der Waals surface area (Å²) in [6.45, 7) is 5.33. The van der Waals surface area contributed by atoms with E-state index in [4.69, 9.17) is 17.4 Å². The van der Waals surface area contributed by atoms with Crippen LogP contribution in [0.5, 0.6) is 0 Å². The van der Waals surface area contributed by atoms with Crippen LogP contribution in [-0.2, 0) is 0 Å². The fourth-order valence-corrected chi connectivity index (χ4v) is 0.649. The SMILES string of the molecule is [CH-]=CC(=C=C=C=C=C=C=C=[N-])[C-]=C=C=C=C=C=C=C=C=C=[N-].[K+].[K+].[K+].[K+]. The molecule has 0 aliphatic heterocycles. The first kappa shape index (κ1) is 38.7. The van der Waals surface area contributed by atoms with Crippen LogP contribution < -0.4 is 206 Å². The normalized spacial score (nSPS) is 4.00. The summed E-state index contributed by atoms with van der Waals surface area (Å²) in [7, 11) is 0. The maximum atomic E-state index is 8.14. The molecule has 0 amide bonds. The first-order chi connectivity index (χ1) is 10.8. The van der Waals surface area contributed by atoms with Gasteiger partial charge in [-0.25, -0.2) is 11.7 Å². The van der Waals surface area contributed by atoms with E-state index in [2.05, 4.69) is 86.3 Å². The quantitative estimate of drug-likeness (QED) is 0.138. The van der Waals surface area contributed by atoms with Crippen LogP contribution in [0, 0.1) is 12.7 Å². The molecule has 0 aliphatic rings. The fraction of sp³-hybridized carbons (Fsp3) is 0. The summed E-state index contributed by atoms with van der Waals surface area (Å²) in [5.74, 6) is 3.24. The maximum absolute atomic E-state index is 8.14. The van der Waals surface area contributed by atoms with Gasteiger partial charge in [0, 0.05) is 0 Å². The monoisotopic (exact) mass is 426 g/mol. The second kappa shape index (κ2) is 34.6. The van der Waals surface area contributed by atoms with E-state index in [-0.39, 0.29) is 206 Å². The summed E-state index contributed by atoms with van der Waals surface area (Å²) in [6.07, 6.45) is 3.82. The van der Waals surface area contributed by atoms with Gasteiger partial charge >= 0.3 is 206 Å². The predicted octanol–water partition coefficient (Wildman–Crippen LogP) is -9.07. The number of hydrogen-bond acceptors (Lipinski definition) is 0. The molecule has 0 radical (unpaired) electrons. The van der Waals surface area contributed by atoms with E-state index < -0.39 is 0 Å². The van der Waals surface area contributed by atoms with Crippen molar-refractivity contribution in [1.29, 1.82) is 0 Å². The van der Waals surface area contributed by atoms with Crippen LogP contribution in [0.4, 0.5) is 0 Å². The first-order valence-corrected chi connectivity index (χ1v) is 5.32. The van der Waals surface area contributed by atoms with Gasteiger partial charge in [-0.3, -0.25) is 11.3 Å². The van der Waals surface area contributed by atoms with Gasteiger partial charge in [0.15, 0.2) is 0 Å². The Balaban J connectivity index is -0.000000367. The molecule has 0 N–H and O–H groups in total. The number of allylic oxidation sites excluding steroid dienone is 3. The van der Waals surface area contributed by atoms with Gasteiger partial charge in [0.2, 0.25) is 0 Å². The van der Waals surface area contributed by atoms with Gasteiger partial charge in [-0.1, -0.05) is 11.5 Å². The van der Waals surface area contributed by atoms with Crippen LogP contribution in [0.25, 0.3) is 10.8 Å². The smallest absolute Gasteiger partial charge is 0.755 e. The Morgan fingerprint density at radius 3 is 1.42 bits per heavy atom. The molecule has 0 saturated carbocycles. The molecule has 0 aliphatic carbocycles. The number of nitrogens with zero attached hydrogens (tertiary/aromatic N) is 2. The molecule has 6 heteroatoms. The molecule has 0 atom stereocenters. The minimum absolute atomic E-state index is 0.